The van der Waals surface area contributed by atoms with Crippen molar-refractivity contribution in [3.8, 4) is 0 Å². The van der Waals surface area contributed by atoms with E-state index in [-0.39, 0.29) is 6.10 Å². The van der Waals surface area contributed by atoms with Crippen molar-refractivity contribution in [2.75, 3.05) is 18.0 Å². The molecule has 1 N–H and O–H groups in total. The van der Waals surface area contributed by atoms with E-state index in [0.29, 0.717) is 11.8 Å². The number of aromatic nitrogens is 5. The van der Waals surface area contributed by atoms with Crippen molar-refractivity contribution >= 4 is 5.82 Å². The van der Waals surface area contributed by atoms with Crippen molar-refractivity contribution in [3.05, 3.63) is 29.7 Å². The van der Waals surface area contributed by atoms with Crippen molar-refractivity contribution in [1.29, 1.82) is 0 Å². The number of nitrogens with zero attached hydrogens (tertiary/aromatic N) is 6. The number of anilines is 1. The van der Waals surface area contributed by atoms with Gasteiger partial charge in [0.15, 0.2) is 0 Å². The normalized spacial score (nSPS) is 24.9. The summed E-state index contributed by atoms with van der Waals surface area (Å²) in [7, 11) is 2.01. The van der Waals surface area contributed by atoms with Gasteiger partial charge in [0.25, 0.3) is 0 Å². The second kappa shape index (κ2) is 6.12. The van der Waals surface area contributed by atoms with E-state index in [9.17, 15) is 5.11 Å². The summed E-state index contributed by atoms with van der Waals surface area (Å²) < 4.78 is 2.02. The maximum absolute atomic E-state index is 9.54. The molecule has 128 valence electrons. The molecule has 3 heterocycles. The second-order valence-corrected chi connectivity index (χ2v) is 7.08. The number of aliphatic hydroxyl groups excluding tert-OH is 1. The van der Waals surface area contributed by atoms with E-state index < -0.39 is 0 Å². The molecule has 2 fully saturated rings. The first-order chi connectivity index (χ1) is 11.6. The highest BCUT2D eigenvalue weighted by molar-refractivity contribution is 5.42. The quantitative estimate of drug-likeness (QED) is 0.920. The Morgan fingerprint density at radius 3 is 2.50 bits per heavy atom. The fraction of sp³-hybridized carbons (Fsp3) is 0.647. The van der Waals surface area contributed by atoms with Gasteiger partial charge in [-0.25, -0.2) is 9.97 Å². The summed E-state index contributed by atoms with van der Waals surface area (Å²) in [6.07, 6.45) is 5.39. The van der Waals surface area contributed by atoms with Gasteiger partial charge >= 0.3 is 0 Å². The van der Waals surface area contributed by atoms with Crippen LogP contribution in [0.1, 0.15) is 54.9 Å². The predicted octanol–water partition coefficient (Wildman–Crippen LogP) is 1.54. The predicted molar refractivity (Wildman–Crippen MR) is 89.9 cm³/mol. The Morgan fingerprint density at radius 2 is 1.88 bits per heavy atom. The zero-order chi connectivity index (χ0) is 16.7. The summed E-state index contributed by atoms with van der Waals surface area (Å²) in [5, 5.41) is 17.8. The van der Waals surface area contributed by atoms with Crippen LogP contribution in [0, 0.1) is 6.92 Å². The van der Waals surface area contributed by atoms with Crippen molar-refractivity contribution in [3.63, 3.8) is 0 Å². The molecule has 1 aliphatic carbocycles. The van der Waals surface area contributed by atoms with Crippen LogP contribution in [0.3, 0.4) is 0 Å². The Balaban J connectivity index is 1.46. The highest BCUT2D eigenvalue weighted by Gasteiger charge is 2.31. The van der Waals surface area contributed by atoms with Gasteiger partial charge in [-0.1, -0.05) is 0 Å². The summed E-state index contributed by atoms with van der Waals surface area (Å²) in [4.78, 5) is 11.6. The molecule has 7 nitrogen and oxygen atoms in total. The van der Waals surface area contributed by atoms with Crippen LogP contribution in [0.25, 0.3) is 0 Å². The highest BCUT2D eigenvalue weighted by Crippen LogP contribution is 2.37. The van der Waals surface area contributed by atoms with Crippen LogP contribution in [0.15, 0.2) is 12.4 Å². The van der Waals surface area contributed by atoms with Crippen LogP contribution in [0.2, 0.25) is 0 Å². The van der Waals surface area contributed by atoms with Crippen molar-refractivity contribution in [1.82, 2.24) is 24.7 Å². The van der Waals surface area contributed by atoms with E-state index in [1.165, 1.54) is 0 Å². The van der Waals surface area contributed by atoms with Crippen molar-refractivity contribution in [2.24, 2.45) is 7.05 Å². The SMILES string of the molecule is Cc1nc(C2CC(O)C2)cc(N2CCC(c3nncn3C)CC2)n1. The van der Waals surface area contributed by atoms with Crippen molar-refractivity contribution < 1.29 is 5.11 Å². The molecule has 1 saturated heterocycles. The van der Waals surface area contributed by atoms with Gasteiger partial charge in [0, 0.05) is 43.7 Å². The Labute approximate surface area is 141 Å². The van der Waals surface area contributed by atoms with E-state index in [0.717, 1.165) is 61.9 Å². The zero-order valence-electron chi connectivity index (χ0n) is 14.3. The molecule has 1 saturated carbocycles. The lowest BCUT2D eigenvalue weighted by Gasteiger charge is -2.34. The molecule has 0 aromatic carbocycles. The first kappa shape index (κ1) is 15.5. The topological polar surface area (TPSA) is 80.0 Å². The maximum atomic E-state index is 9.54. The molecule has 2 aromatic heterocycles. The maximum Gasteiger partial charge on any atom is 0.135 e. The molecule has 0 atom stereocenters. The summed E-state index contributed by atoms with van der Waals surface area (Å²) in [6.45, 7) is 3.90. The third kappa shape index (κ3) is 2.88. The Morgan fingerprint density at radius 1 is 1.12 bits per heavy atom. The first-order valence-electron chi connectivity index (χ1n) is 8.72. The Hall–Kier alpha value is -2.02. The average molecular weight is 328 g/mol. The van der Waals surface area contributed by atoms with Gasteiger partial charge in [0.05, 0.1) is 6.10 Å². The molecular formula is C17H24N6O. The van der Waals surface area contributed by atoms with Crippen molar-refractivity contribution in [2.45, 2.75) is 50.5 Å². The molecule has 2 aromatic rings. The molecule has 24 heavy (non-hydrogen) atoms. The van der Waals surface area contributed by atoms with Gasteiger partial charge < -0.3 is 14.6 Å². The molecule has 0 radical (unpaired) electrons. The van der Waals surface area contributed by atoms with Crippen LogP contribution in [0.5, 0.6) is 0 Å². The number of piperidine rings is 1. The fourth-order valence-corrected chi connectivity index (χ4v) is 3.80. The number of aliphatic hydroxyl groups is 1. The van der Waals surface area contributed by atoms with Gasteiger partial charge in [-0.05, 0) is 32.6 Å². The summed E-state index contributed by atoms with van der Waals surface area (Å²) in [5.74, 6) is 3.78. The molecule has 7 heteroatoms. The lowest BCUT2D eigenvalue weighted by atomic mass is 9.80. The largest absolute Gasteiger partial charge is 0.393 e. The molecule has 1 aliphatic heterocycles. The van der Waals surface area contributed by atoms with Gasteiger partial charge in [0.1, 0.15) is 23.8 Å². The van der Waals surface area contributed by atoms with E-state index >= 15 is 0 Å². The second-order valence-electron chi connectivity index (χ2n) is 7.08. The van der Waals surface area contributed by atoms with Gasteiger partial charge in [-0.15, -0.1) is 10.2 Å². The standard InChI is InChI=1S/C17H24N6O/c1-11-19-15(13-7-14(24)8-13)9-16(20-11)23-5-3-12(4-6-23)17-21-18-10-22(17)2/h9-10,12-14,24H,3-8H2,1-2H3. The van der Waals surface area contributed by atoms with Crippen LogP contribution in [0.4, 0.5) is 5.82 Å². The number of hydrogen-bond donors (Lipinski definition) is 1. The number of hydrogen-bond acceptors (Lipinski definition) is 6. The minimum Gasteiger partial charge on any atom is -0.393 e. The summed E-state index contributed by atoms with van der Waals surface area (Å²) >= 11 is 0. The van der Waals surface area contributed by atoms with E-state index in [1.54, 1.807) is 6.33 Å². The smallest absolute Gasteiger partial charge is 0.135 e. The van der Waals surface area contributed by atoms with E-state index in [2.05, 4.69) is 31.1 Å². The summed E-state index contributed by atoms with van der Waals surface area (Å²) in [5.41, 5.74) is 1.08. The third-order valence-corrected chi connectivity index (χ3v) is 5.31. The van der Waals surface area contributed by atoms with Gasteiger partial charge in [0.2, 0.25) is 0 Å². The van der Waals surface area contributed by atoms with Crippen LogP contribution >= 0.6 is 0 Å². The first-order valence-corrected chi connectivity index (χ1v) is 8.72. The molecule has 0 unspecified atom stereocenters. The number of rotatable bonds is 3. The highest BCUT2D eigenvalue weighted by atomic mass is 16.3. The Bertz CT molecular complexity index is 716. The minimum absolute atomic E-state index is 0.157. The zero-order valence-corrected chi connectivity index (χ0v) is 14.3. The van der Waals surface area contributed by atoms with Crippen LogP contribution in [-0.4, -0.2) is 49.0 Å². The third-order valence-electron chi connectivity index (χ3n) is 5.31. The number of aryl methyl sites for hydroxylation is 2. The molecular weight excluding hydrogens is 304 g/mol. The lowest BCUT2D eigenvalue weighted by Crippen LogP contribution is -2.35. The average Bonchev–Trinajstić information content (AvgIpc) is 2.97. The fourth-order valence-electron chi connectivity index (χ4n) is 3.80. The minimum atomic E-state index is -0.157. The van der Waals surface area contributed by atoms with Gasteiger partial charge in [-0.3, -0.25) is 0 Å². The van der Waals surface area contributed by atoms with Crippen LogP contribution < -0.4 is 4.90 Å². The molecule has 2 aliphatic rings. The van der Waals surface area contributed by atoms with E-state index in [1.807, 2.05) is 18.5 Å². The molecule has 0 bridgehead atoms. The molecule has 0 spiro atoms. The lowest BCUT2D eigenvalue weighted by molar-refractivity contribution is 0.0731. The monoisotopic (exact) mass is 328 g/mol. The summed E-state index contributed by atoms with van der Waals surface area (Å²) in [6, 6.07) is 2.12. The molecule has 0 amide bonds. The Kier molecular flexibility index (Phi) is 3.96. The van der Waals surface area contributed by atoms with Gasteiger partial charge in [-0.2, -0.15) is 0 Å². The molecule has 4 rings (SSSR count). The van der Waals surface area contributed by atoms with Crippen LogP contribution in [-0.2, 0) is 7.05 Å². The van der Waals surface area contributed by atoms with E-state index in [4.69, 9.17) is 0 Å².